The lowest BCUT2D eigenvalue weighted by Gasteiger charge is -2.19. The minimum Gasteiger partial charge on any atom is -0.456 e. The molecule has 0 heterocycles. The number of nitrogen functional groups attached to an aromatic ring is 2. The first kappa shape index (κ1) is 28.5. The van der Waals surface area contributed by atoms with Crippen molar-refractivity contribution in [3.05, 3.63) is 70.3 Å². The topological polar surface area (TPSA) is 70.5 Å². The Morgan fingerprint density at radius 3 is 1.24 bits per heavy atom. The van der Waals surface area contributed by atoms with Crippen molar-refractivity contribution < 1.29 is 66.5 Å². The van der Waals surface area contributed by atoms with Gasteiger partial charge in [0, 0.05) is 18.2 Å². The van der Waals surface area contributed by atoms with Crippen LogP contribution in [0.5, 0.6) is 23.0 Å². The Morgan fingerprint density at radius 2 is 0.868 bits per heavy atom. The predicted molar refractivity (Wildman–Crippen MR) is 103 cm³/mol. The molecule has 4 N–H and O–H groups in total. The molecule has 0 saturated carbocycles. The number of alkyl halides is 9. The van der Waals surface area contributed by atoms with Crippen molar-refractivity contribution in [1.29, 1.82) is 0 Å². The van der Waals surface area contributed by atoms with E-state index in [4.69, 9.17) is 11.5 Å². The van der Waals surface area contributed by atoms with Gasteiger partial charge in [-0.2, -0.15) is 43.9 Å². The van der Waals surface area contributed by atoms with Crippen LogP contribution < -0.4 is 20.9 Å². The minimum absolute atomic E-state index is 0.0686. The molecule has 17 heteroatoms. The van der Waals surface area contributed by atoms with E-state index in [0.29, 0.717) is 12.1 Å². The van der Waals surface area contributed by atoms with E-state index in [9.17, 15) is 57.1 Å². The lowest BCUT2D eigenvalue weighted by molar-refractivity contribution is -0.142. The van der Waals surface area contributed by atoms with Gasteiger partial charge < -0.3 is 20.9 Å². The molecule has 3 rings (SSSR count). The Balaban J connectivity index is 2.19. The molecule has 4 nitrogen and oxygen atoms in total. The van der Waals surface area contributed by atoms with Gasteiger partial charge in [-0.05, 0) is 12.1 Å². The van der Waals surface area contributed by atoms with Gasteiger partial charge in [-0.25, -0.2) is 13.2 Å². The van der Waals surface area contributed by atoms with Gasteiger partial charge in [0.15, 0.2) is 23.2 Å². The summed E-state index contributed by atoms with van der Waals surface area (Å²) in [4.78, 5) is 0. The summed E-state index contributed by atoms with van der Waals surface area (Å²) in [6, 6.07) is 0.376. The van der Waals surface area contributed by atoms with E-state index < -0.39 is 92.9 Å². The molecular formula is C21H9F13N2O2. The summed E-state index contributed by atoms with van der Waals surface area (Å²) in [7, 11) is 0. The Hall–Kier alpha value is -4.05. The molecule has 0 aliphatic carbocycles. The van der Waals surface area contributed by atoms with E-state index >= 15 is 0 Å². The normalized spacial score (nSPS) is 12.6. The molecule has 0 amide bonds. The summed E-state index contributed by atoms with van der Waals surface area (Å²) in [5.41, 5.74) is 1.13. The van der Waals surface area contributed by atoms with Gasteiger partial charge in [-0.1, -0.05) is 0 Å². The van der Waals surface area contributed by atoms with Crippen LogP contribution in [0.4, 0.5) is 68.5 Å². The maximum Gasteiger partial charge on any atom is 0.422 e. The zero-order chi connectivity index (χ0) is 29.0. The van der Waals surface area contributed by atoms with Crippen LogP contribution in [0.3, 0.4) is 0 Å². The van der Waals surface area contributed by atoms with Gasteiger partial charge in [0.05, 0.1) is 22.5 Å². The first-order valence-corrected chi connectivity index (χ1v) is 9.49. The fraction of sp³-hybridized carbons (Fsp3) is 0.143. The number of benzene rings is 3. The smallest absolute Gasteiger partial charge is 0.422 e. The Bertz CT molecular complexity index is 1400. The highest BCUT2D eigenvalue weighted by molar-refractivity contribution is 5.55. The molecule has 0 unspecified atom stereocenters. The van der Waals surface area contributed by atoms with E-state index in [-0.39, 0.29) is 18.2 Å². The zero-order valence-corrected chi connectivity index (χ0v) is 17.8. The van der Waals surface area contributed by atoms with Gasteiger partial charge in [0.1, 0.15) is 22.8 Å². The molecule has 0 aliphatic heterocycles. The second-order valence-electron chi connectivity index (χ2n) is 7.32. The average Bonchev–Trinajstić information content (AvgIpc) is 2.74. The second-order valence-corrected chi connectivity index (χ2v) is 7.32. The van der Waals surface area contributed by atoms with Crippen LogP contribution in [-0.2, 0) is 18.5 Å². The molecule has 0 atom stereocenters. The van der Waals surface area contributed by atoms with Crippen molar-refractivity contribution in [3.63, 3.8) is 0 Å². The average molecular weight is 568 g/mol. The van der Waals surface area contributed by atoms with E-state index in [1.54, 1.807) is 0 Å². The molecule has 206 valence electrons. The van der Waals surface area contributed by atoms with Crippen LogP contribution in [0.1, 0.15) is 16.7 Å². The molecule has 0 radical (unpaired) electrons. The third-order valence-electron chi connectivity index (χ3n) is 4.64. The fourth-order valence-corrected chi connectivity index (χ4v) is 3.02. The number of hydrogen-bond acceptors (Lipinski definition) is 4. The van der Waals surface area contributed by atoms with Crippen LogP contribution >= 0.6 is 0 Å². The lowest BCUT2D eigenvalue weighted by Crippen LogP contribution is -2.14. The second kappa shape index (κ2) is 9.36. The summed E-state index contributed by atoms with van der Waals surface area (Å²) in [5.74, 6) is -14.8. The number of anilines is 2. The molecule has 0 saturated heterocycles. The monoisotopic (exact) mass is 568 g/mol. The molecular weight excluding hydrogens is 559 g/mol. The molecule has 0 spiro atoms. The van der Waals surface area contributed by atoms with Crippen LogP contribution in [0.15, 0.2) is 30.3 Å². The minimum atomic E-state index is -5.75. The Kier molecular flexibility index (Phi) is 7.02. The van der Waals surface area contributed by atoms with Crippen molar-refractivity contribution in [1.82, 2.24) is 0 Å². The maximum atomic E-state index is 14.5. The van der Waals surface area contributed by atoms with Crippen LogP contribution in [0.25, 0.3) is 0 Å². The maximum absolute atomic E-state index is 14.5. The zero-order valence-electron chi connectivity index (χ0n) is 17.8. The molecule has 3 aromatic carbocycles. The number of hydrogen-bond donors (Lipinski definition) is 2. The molecule has 38 heavy (non-hydrogen) atoms. The summed E-state index contributed by atoms with van der Waals surface area (Å²) in [6.45, 7) is 0. The number of nitrogens with two attached hydrogens (primary N) is 2. The number of halogens is 13. The van der Waals surface area contributed by atoms with Crippen molar-refractivity contribution in [3.8, 4) is 23.0 Å². The summed E-state index contributed by atoms with van der Waals surface area (Å²) >= 11 is 0. The third-order valence-corrected chi connectivity index (χ3v) is 4.64. The molecule has 0 bridgehead atoms. The highest BCUT2D eigenvalue weighted by atomic mass is 19.4. The molecule has 0 fully saturated rings. The SMILES string of the molecule is Nc1cc(Oc2cc(Oc3cc(N)c(F)c(C(F)(F)F)c3)c(C(F)(F)F)c(F)c2F)cc(C(F)(F)F)c1F. The van der Waals surface area contributed by atoms with Gasteiger partial charge in [-0.3, -0.25) is 0 Å². The van der Waals surface area contributed by atoms with Crippen molar-refractivity contribution in [2.24, 2.45) is 0 Å². The number of ether oxygens (including phenoxy) is 2. The summed E-state index contributed by atoms with van der Waals surface area (Å²) in [6.07, 6.45) is -16.5. The van der Waals surface area contributed by atoms with Crippen molar-refractivity contribution in [2.45, 2.75) is 18.5 Å². The highest BCUT2D eigenvalue weighted by Crippen LogP contribution is 2.46. The Morgan fingerprint density at radius 1 is 0.474 bits per heavy atom. The van der Waals surface area contributed by atoms with E-state index in [1.165, 1.54) is 0 Å². The predicted octanol–water partition coefficient (Wildman–Crippen LogP) is 8.05. The highest BCUT2D eigenvalue weighted by Gasteiger charge is 2.42. The molecule has 3 aromatic rings. The summed E-state index contributed by atoms with van der Waals surface area (Å²) in [5, 5.41) is 0. The first-order chi connectivity index (χ1) is 17.2. The summed E-state index contributed by atoms with van der Waals surface area (Å²) < 4.78 is 184. The van der Waals surface area contributed by atoms with Gasteiger partial charge >= 0.3 is 18.5 Å². The van der Waals surface area contributed by atoms with Crippen LogP contribution in [0, 0.1) is 23.3 Å². The number of rotatable bonds is 4. The van der Waals surface area contributed by atoms with Crippen molar-refractivity contribution >= 4 is 11.4 Å². The van der Waals surface area contributed by atoms with Gasteiger partial charge in [0.25, 0.3) is 0 Å². The largest absolute Gasteiger partial charge is 0.456 e. The van der Waals surface area contributed by atoms with Gasteiger partial charge in [0.2, 0.25) is 5.82 Å². The standard InChI is InChI=1S/C21H9F13N2O2/c22-15-8(19(26,27)28)1-6(3-10(15)35)37-12-5-13(17(24)18(25)14(12)21(32,33)34)38-7-2-9(20(29,30)31)16(23)11(36)4-7/h1-5H,35-36H2. The van der Waals surface area contributed by atoms with E-state index in [0.717, 1.165) is 0 Å². The Labute approximate surface area is 202 Å². The quantitative estimate of drug-likeness (QED) is 0.247. The third kappa shape index (κ3) is 5.60. The fourth-order valence-electron chi connectivity index (χ4n) is 3.02. The van der Waals surface area contributed by atoms with Gasteiger partial charge in [-0.15, -0.1) is 0 Å². The van der Waals surface area contributed by atoms with E-state index in [2.05, 4.69) is 9.47 Å². The molecule has 0 aromatic heterocycles. The van der Waals surface area contributed by atoms with Crippen LogP contribution in [-0.4, -0.2) is 0 Å². The van der Waals surface area contributed by atoms with Crippen LogP contribution in [0.2, 0.25) is 0 Å². The lowest BCUT2D eigenvalue weighted by atomic mass is 10.1. The first-order valence-electron chi connectivity index (χ1n) is 9.49. The molecule has 0 aliphatic rings. The van der Waals surface area contributed by atoms with E-state index in [1.807, 2.05) is 0 Å². The van der Waals surface area contributed by atoms with Crippen molar-refractivity contribution in [2.75, 3.05) is 11.5 Å².